The van der Waals surface area contributed by atoms with Crippen LogP contribution in [0.5, 0.6) is 0 Å². The number of hydrogen-bond donors (Lipinski definition) is 0. The molecule has 0 atom stereocenters. The normalized spacial score (nSPS) is 19.4. The van der Waals surface area contributed by atoms with Crippen molar-refractivity contribution in [1.82, 2.24) is 18.4 Å². The molecule has 2 aliphatic heterocycles. The first-order valence-corrected chi connectivity index (χ1v) is 9.20. The van der Waals surface area contributed by atoms with Crippen molar-refractivity contribution in [3.63, 3.8) is 0 Å². The molecule has 0 spiro atoms. The molecule has 2 aliphatic rings. The van der Waals surface area contributed by atoms with Crippen LogP contribution in [0.1, 0.15) is 32.0 Å². The second-order valence-electron chi connectivity index (χ2n) is 6.83. The van der Waals surface area contributed by atoms with Crippen LogP contribution in [0.25, 0.3) is 0 Å². The molecule has 1 saturated heterocycles. The molecule has 0 aliphatic carbocycles. The Morgan fingerprint density at radius 3 is 2.50 bits per heavy atom. The maximum absolute atomic E-state index is 12.6. The van der Waals surface area contributed by atoms with Crippen LogP contribution in [0.2, 0.25) is 0 Å². The molecule has 3 rings (SSSR count). The van der Waals surface area contributed by atoms with Gasteiger partial charge in [-0.2, -0.15) is 21.9 Å². The third kappa shape index (κ3) is 3.40. The number of nitrogens with zero attached hydrogens (tertiary/aromatic N) is 4. The summed E-state index contributed by atoms with van der Waals surface area (Å²) in [5.74, 6) is 0. The van der Waals surface area contributed by atoms with Gasteiger partial charge in [0.2, 0.25) is 0 Å². The third-order valence-corrected chi connectivity index (χ3v) is 5.42. The Balaban J connectivity index is 1.71. The number of amides is 1. The zero-order chi connectivity index (χ0) is 17.5. The first-order valence-electron chi connectivity index (χ1n) is 7.80. The molecule has 134 valence electrons. The summed E-state index contributed by atoms with van der Waals surface area (Å²) >= 11 is 0. The third-order valence-electron chi connectivity index (χ3n) is 3.74. The molecule has 0 bridgehead atoms. The number of carbonyl (C=O) groups is 1. The van der Waals surface area contributed by atoms with E-state index in [1.54, 1.807) is 20.8 Å². The smallest absolute Gasteiger partial charge is 0.410 e. The van der Waals surface area contributed by atoms with Crippen LogP contribution in [-0.4, -0.2) is 64.8 Å². The van der Waals surface area contributed by atoms with Crippen molar-refractivity contribution in [2.75, 3.05) is 26.3 Å². The summed E-state index contributed by atoms with van der Waals surface area (Å²) in [4.78, 5) is 13.6. The molecule has 0 aromatic carbocycles. The average Bonchev–Trinajstić information content (AvgIpc) is 3.05. The van der Waals surface area contributed by atoms with Crippen LogP contribution in [-0.2, 0) is 32.8 Å². The van der Waals surface area contributed by atoms with E-state index in [-0.39, 0.29) is 6.54 Å². The maximum atomic E-state index is 12.6. The molecule has 24 heavy (non-hydrogen) atoms. The van der Waals surface area contributed by atoms with Crippen molar-refractivity contribution in [3.8, 4) is 0 Å². The number of carbonyl (C=O) groups excluding carboxylic acids is 1. The summed E-state index contributed by atoms with van der Waals surface area (Å²) in [6, 6.07) is 0. The fourth-order valence-electron chi connectivity index (χ4n) is 2.60. The molecule has 0 saturated carbocycles. The predicted molar refractivity (Wildman–Crippen MR) is 84.4 cm³/mol. The second-order valence-corrected chi connectivity index (χ2v) is 8.62. The molecule has 1 aromatic rings. The van der Waals surface area contributed by atoms with E-state index in [0.717, 1.165) is 9.65 Å². The standard InChI is InChI=1S/C14H22N4O5S/c1-14(2,3)23-13(19)16-8-11-9-18(15-12(11)10-16)24(20,21)17-4-6-22-7-5-17/h9H,4-8,10H2,1-3H3. The van der Waals surface area contributed by atoms with Crippen LogP contribution in [0.15, 0.2) is 6.20 Å². The maximum Gasteiger partial charge on any atom is 0.410 e. The monoisotopic (exact) mass is 358 g/mol. The van der Waals surface area contributed by atoms with Gasteiger partial charge in [-0.1, -0.05) is 0 Å². The first kappa shape index (κ1) is 17.2. The molecule has 0 radical (unpaired) electrons. The fraction of sp³-hybridized carbons (Fsp3) is 0.714. The van der Waals surface area contributed by atoms with Gasteiger partial charge in [-0.05, 0) is 20.8 Å². The van der Waals surface area contributed by atoms with E-state index in [2.05, 4.69) is 5.10 Å². The fourth-order valence-corrected chi connectivity index (χ4v) is 3.91. The highest BCUT2D eigenvalue weighted by atomic mass is 32.2. The van der Waals surface area contributed by atoms with Crippen molar-refractivity contribution in [1.29, 1.82) is 0 Å². The molecule has 1 aromatic heterocycles. The molecule has 1 amide bonds. The molecule has 1 fully saturated rings. The lowest BCUT2D eigenvalue weighted by Gasteiger charge is -2.26. The largest absolute Gasteiger partial charge is 0.444 e. The number of hydrogen-bond acceptors (Lipinski definition) is 6. The van der Waals surface area contributed by atoms with Gasteiger partial charge in [0.1, 0.15) is 5.60 Å². The molecule has 9 nitrogen and oxygen atoms in total. The van der Waals surface area contributed by atoms with Gasteiger partial charge in [0.05, 0.1) is 32.0 Å². The lowest BCUT2D eigenvalue weighted by molar-refractivity contribution is 0.0239. The number of aromatic nitrogens is 2. The Morgan fingerprint density at radius 1 is 1.25 bits per heavy atom. The number of rotatable bonds is 2. The highest BCUT2D eigenvalue weighted by Crippen LogP contribution is 2.24. The van der Waals surface area contributed by atoms with Crippen LogP contribution in [0, 0.1) is 0 Å². The second kappa shape index (κ2) is 6.01. The van der Waals surface area contributed by atoms with Gasteiger partial charge in [0, 0.05) is 24.8 Å². The van der Waals surface area contributed by atoms with E-state index in [1.807, 2.05) is 0 Å². The molecular formula is C14H22N4O5S. The van der Waals surface area contributed by atoms with Crippen LogP contribution < -0.4 is 0 Å². The van der Waals surface area contributed by atoms with E-state index in [1.165, 1.54) is 15.4 Å². The number of fused-ring (bicyclic) bond motifs is 1. The van der Waals surface area contributed by atoms with Crippen molar-refractivity contribution >= 4 is 16.3 Å². The topological polar surface area (TPSA) is 94.0 Å². The van der Waals surface area contributed by atoms with Crippen LogP contribution >= 0.6 is 0 Å². The highest BCUT2D eigenvalue weighted by Gasteiger charge is 2.33. The quantitative estimate of drug-likeness (QED) is 0.767. The van der Waals surface area contributed by atoms with Gasteiger partial charge in [0.15, 0.2) is 0 Å². The SMILES string of the molecule is CC(C)(C)OC(=O)N1Cc2cn(S(=O)(=O)N3CCOCC3)nc2C1. The number of morpholine rings is 1. The number of ether oxygens (including phenoxy) is 2. The van der Waals surface area contributed by atoms with Gasteiger partial charge in [-0.15, -0.1) is 0 Å². The minimum absolute atomic E-state index is 0.246. The zero-order valence-electron chi connectivity index (χ0n) is 14.1. The summed E-state index contributed by atoms with van der Waals surface area (Å²) in [6.45, 7) is 7.34. The van der Waals surface area contributed by atoms with E-state index in [9.17, 15) is 13.2 Å². The van der Waals surface area contributed by atoms with E-state index >= 15 is 0 Å². The van der Waals surface area contributed by atoms with Gasteiger partial charge >= 0.3 is 16.3 Å². The van der Waals surface area contributed by atoms with Crippen LogP contribution in [0.4, 0.5) is 4.79 Å². The first-order chi connectivity index (χ1) is 11.2. The van der Waals surface area contributed by atoms with Crippen molar-refractivity contribution in [2.24, 2.45) is 0 Å². The van der Waals surface area contributed by atoms with Gasteiger partial charge < -0.3 is 9.47 Å². The van der Waals surface area contributed by atoms with Gasteiger partial charge in [-0.3, -0.25) is 4.90 Å². The summed E-state index contributed by atoms with van der Waals surface area (Å²) in [7, 11) is -3.68. The Bertz CT molecular complexity index is 707. The Kier molecular flexibility index (Phi) is 4.30. The molecular weight excluding hydrogens is 336 g/mol. The molecule has 10 heteroatoms. The van der Waals surface area contributed by atoms with E-state index in [4.69, 9.17) is 9.47 Å². The summed E-state index contributed by atoms with van der Waals surface area (Å²) in [6.07, 6.45) is 1.05. The molecule has 0 unspecified atom stereocenters. The summed E-state index contributed by atoms with van der Waals surface area (Å²) < 4.78 is 38.0. The highest BCUT2D eigenvalue weighted by molar-refractivity contribution is 7.87. The zero-order valence-corrected chi connectivity index (χ0v) is 14.9. The van der Waals surface area contributed by atoms with Crippen molar-refractivity contribution < 1.29 is 22.7 Å². The van der Waals surface area contributed by atoms with Gasteiger partial charge in [-0.25, -0.2) is 4.79 Å². The Morgan fingerprint density at radius 2 is 1.92 bits per heavy atom. The van der Waals surface area contributed by atoms with Crippen molar-refractivity contribution in [2.45, 2.75) is 39.5 Å². The van der Waals surface area contributed by atoms with Gasteiger partial charge in [0.25, 0.3) is 0 Å². The van der Waals surface area contributed by atoms with E-state index < -0.39 is 21.9 Å². The summed E-state index contributed by atoms with van der Waals surface area (Å²) in [5.41, 5.74) is 0.729. The summed E-state index contributed by atoms with van der Waals surface area (Å²) in [5, 5.41) is 4.16. The molecule has 0 N–H and O–H groups in total. The molecule has 3 heterocycles. The lowest BCUT2D eigenvalue weighted by Crippen LogP contribution is -2.43. The van der Waals surface area contributed by atoms with Crippen molar-refractivity contribution in [3.05, 3.63) is 17.5 Å². The predicted octanol–water partition coefficient (Wildman–Crippen LogP) is 0.559. The van der Waals surface area contributed by atoms with Crippen LogP contribution in [0.3, 0.4) is 0 Å². The average molecular weight is 358 g/mol. The lowest BCUT2D eigenvalue weighted by atomic mass is 10.2. The minimum atomic E-state index is -3.68. The Hall–Kier alpha value is -1.65. The van der Waals surface area contributed by atoms with E-state index in [0.29, 0.717) is 38.5 Å². The Labute approximate surface area is 141 Å². The minimum Gasteiger partial charge on any atom is -0.444 e.